The Morgan fingerprint density at radius 1 is 1.53 bits per heavy atom. The SMILES string of the molecule is CCC(C(=O)NCCN(CC)C1CC1)C(N)=S. The Hall–Kier alpha value is -0.680. The van der Waals surface area contributed by atoms with E-state index in [-0.39, 0.29) is 11.8 Å². The van der Waals surface area contributed by atoms with Gasteiger partial charge in [-0.1, -0.05) is 26.1 Å². The van der Waals surface area contributed by atoms with Gasteiger partial charge in [-0.15, -0.1) is 0 Å². The Morgan fingerprint density at radius 2 is 2.18 bits per heavy atom. The zero-order valence-electron chi connectivity index (χ0n) is 10.7. The van der Waals surface area contributed by atoms with Gasteiger partial charge in [0.15, 0.2) is 0 Å². The molecular formula is C12H23N3OS. The van der Waals surface area contributed by atoms with E-state index in [4.69, 9.17) is 18.0 Å². The highest BCUT2D eigenvalue weighted by atomic mass is 32.1. The maximum atomic E-state index is 11.8. The summed E-state index contributed by atoms with van der Waals surface area (Å²) < 4.78 is 0. The average molecular weight is 257 g/mol. The first-order valence-electron chi connectivity index (χ1n) is 6.41. The lowest BCUT2D eigenvalue weighted by Gasteiger charge is -2.20. The number of nitrogens with two attached hydrogens (primary N) is 1. The molecule has 0 heterocycles. The number of thiocarbonyl (C=S) groups is 1. The van der Waals surface area contributed by atoms with Crippen molar-refractivity contribution < 1.29 is 4.79 Å². The molecule has 1 rings (SSSR count). The van der Waals surface area contributed by atoms with Crippen LogP contribution in [0.25, 0.3) is 0 Å². The van der Waals surface area contributed by atoms with Crippen LogP contribution in [0.15, 0.2) is 0 Å². The number of nitrogens with one attached hydrogen (secondary N) is 1. The van der Waals surface area contributed by atoms with Crippen LogP contribution in [0.5, 0.6) is 0 Å². The van der Waals surface area contributed by atoms with E-state index in [9.17, 15) is 4.79 Å². The van der Waals surface area contributed by atoms with Crippen molar-refractivity contribution in [2.45, 2.75) is 39.2 Å². The van der Waals surface area contributed by atoms with E-state index in [1.807, 2.05) is 6.92 Å². The molecule has 0 aromatic rings. The van der Waals surface area contributed by atoms with E-state index in [1.54, 1.807) is 0 Å². The van der Waals surface area contributed by atoms with Crippen LogP contribution in [0.4, 0.5) is 0 Å². The number of carbonyl (C=O) groups is 1. The highest BCUT2D eigenvalue weighted by Gasteiger charge is 2.27. The number of hydrogen-bond donors (Lipinski definition) is 2. The fourth-order valence-corrected chi connectivity index (χ4v) is 2.27. The molecule has 3 N–H and O–H groups in total. The van der Waals surface area contributed by atoms with Gasteiger partial charge in [-0.05, 0) is 25.8 Å². The van der Waals surface area contributed by atoms with Gasteiger partial charge >= 0.3 is 0 Å². The van der Waals surface area contributed by atoms with Gasteiger partial charge in [0, 0.05) is 19.1 Å². The second-order valence-electron chi connectivity index (χ2n) is 4.51. The van der Waals surface area contributed by atoms with Crippen LogP contribution < -0.4 is 11.1 Å². The predicted molar refractivity (Wildman–Crippen MR) is 73.8 cm³/mol. The molecule has 1 aliphatic rings. The third kappa shape index (κ3) is 4.60. The Bertz CT molecular complexity index is 279. The maximum absolute atomic E-state index is 11.8. The predicted octanol–water partition coefficient (Wildman–Crippen LogP) is 0.899. The number of rotatable bonds is 8. The van der Waals surface area contributed by atoms with Crippen molar-refractivity contribution in [3.05, 3.63) is 0 Å². The zero-order valence-corrected chi connectivity index (χ0v) is 11.6. The second kappa shape index (κ2) is 6.91. The number of carbonyl (C=O) groups excluding carboxylic acids is 1. The molecule has 1 fully saturated rings. The summed E-state index contributed by atoms with van der Waals surface area (Å²) in [5, 5.41) is 2.91. The Morgan fingerprint density at radius 3 is 2.59 bits per heavy atom. The summed E-state index contributed by atoms with van der Waals surface area (Å²) in [5.41, 5.74) is 5.52. The minimum Gasteiger partial charge on any atom is -0.393 e. The molecule has 0 radical (unpaired) electrons. The molecule has 0 bridgehead atoms. The van der Waals surface area contributed by atoms with Gasteiger partial charge in [-0.25, -0.2) is 0 Å². The normalized spacial score (nSPS) is 16.9. The largest absolute Gasteiger partial charge is 0.393 e. The average Bonchev–Trinajstić information content (AvgIpc) is 3.08. The molecule has 1 atom stereocenters. The van der Waals surface area contributed by atoms with Gasteiger partial charge in [-0.2, -0.15) is 0 Å². The zero-order chi connectivity index (χ0) is 12.8. The molecule has 98 valence electrons. The molecule has 1 aliphatic carbocycles. The number of likely N-dealkylation sites (N-methyl/N-ethyl adjacent to an activating group) is 1. The lowest BCUT2D eigenvalue weighted by molar-refractivity contribution is -0.123. The highest BCUT2D eigenvalue weighted by molar-refractivity contribution is 7.80. The standard InChI is InChI=1S/C12H23N3OS/c1-3-10(11(13)17)12(16)14-7-8-15(4-2)9-5-6-9/h9-10H,3-8H2,1-2H3,(H2,13,17)(H,14,16). The van der Waals surface area contributed by atoms with Gasteiger partial charge in [0.1, 0.15) is 0 Å². The van der Waals surface area contributed by atoms with Crippen LogP contribution in [0.3, 0.4) is 0 Å². The van der Waals surface area contributed by atoms with Crippen molar-refractivity contribution >= 4 is 23.1 Å². The van der Waals surface area contributed by atoms with E-state index in [0.717, 1.165) is 19.1 Å². The van der Waals surface area contributed by atoms with Gasteiger partial charge in [0.2, 0.25) is 5.91 Å². The summed E-state index contributed by atoms with van der Waals surface area (Å²) >= 11 is 4.88. The van der Waals surface area contributed by atoms with Crippen molar-refractivity contribution in [2.75, 3.05) is 19.6 Å². The number of amides is 1. The Balaban J connectivity index is 2.24. The summed E-state index contributed by atoms with van der Waals surface area (Å²) in [7, 11) is 0. The van der Waals surface area contributed by atoms with Gasteiger partial charge < -0.3 is 11.1 Å². The first-order chi connectivity index (χ1) is 8.10. The topological polar surface area (TPSA) is 58.4 Å². The van der Waals surface area contributed by atoms with Gasteiger partial charge in [0.25, 0.3) is 0 Å². The minimum absolute atomic E-state index is 0.0353. The van der Waals surface area contributed by atoms with Crippen molar-refractivity contribution in [1.29, 1.82) is 0 Å². The molecule has 0 spiro atoms. The summed E-state index contributed by atoms with van der Waals surface area (Å²) in [6.45, 7) is 6.73. The summed E-state index contributed by atoms with van der Waals surface area (Å²) in [6, 6.07) is 0.745. The minimum atomic E-state index is -0.319. The third-order valence-corrected chi connectivity index (χ3v) is 3.52. The Kier molecular flexibility index (Phi) is 5.85. The number of hydrogen-bond acceptors (Lipinski definition) is 3. The molecule has 17 heavy (non-hydrogen) atoms. The van der Waals surface area contributed by atoms with Crippen molar-refractivity contribution in [3.63, 3.8) is 0 Å². The molecule has 4 nitrogen and oxygen atoms in total. The van der Waals surface area contributed by atoms with Crippen LogP contribution in [-0.4, -0.2) is 41.5 Å². The maximum Gasteiger partial charge on any atom is 0.229 e. The van der Waals surface area contributed by atoms with E-state index in [1.165, 1.54) is 12.8 Å². The fourth-order valence-electron chi connectivity index (χ4n) is 2.00. The van der Waals surface area contributed by atoms with E-state index < -0.39 is 0 Å². The summed E-state index contributed by atoms with van der Waals surface area (Å²) in [4.78, 5) is 14.5. The Labute approximate surface area is 109 Å². The smallest absolute Gasteiger partial charge is 0.229 e. The van der Waals surface area contributed by atoms with E-state index >= 15 is 0 Å². The van der Waals surface area contributed by atoms with Crippen molar-refractivity contribution in [2.24, 2.45) is 11.7 Å². The quantitative estimate of drug-likeness (QED) is 0.634. The van der Waals surface area contributed by atoms with Crippen LogP contribution in [0.2, 0.25) is 0 Å². The van der Waals surface area contributed by atoms with Crippen LogP contribution >= 0.6 is 12.2 Å². The molecule has 0 aromatic heterocycles. The van der Waals surface area contributed by atoms with Crippen molar-refractivity contribution in [1.82, 2.24) is 10.2 Å². The third-order valence-electron chi connectivity index (χ3n) is 3.24. The van der Waals surface area contributed by atoms with Crippen LogP contribution in [0, 0.1) is 5.92 Å². The molecule has 0 saturated heterocycles. The van der Waals surface area contributed by atoms with Crippen LogP contribution in [0.1, 0.15) is 33.1 Å². The molecule has 1 unspecified atom stereocenters. The molecule has 0 aliphatic heterocycles. The van der Waals surface area contributed by atoms with Gasteiger partial charge in [-0.3, -0.25) is 9.69 Å². The second-order valence-corrected chi connectivity index (χ2v) is 4.99. The molecule has 0 aromatic carbocycles. The first-order valence-corrected chi connectivity index (χ1v) is 6.82. The molecule has 5 heteroatoms. The highest BCUT2D eigenvalue weighted by Crippen LogP contribution is 2.25. The molecule has 1 amide bonds. The summed E-state index contributed by atoms with van der Waals surface area (Å²) in [6.07, 6.45) is 3.26. The van der Waals surface area contributed by atoms with Gasteiger partial charge in [0.05, 0.1) is 10.9 Å². The molecule has 1 saturated carbocycles. The van der Waals surface area contributed by atoms with Crippen molar-refractivity contribution in [3.8, 4) is 0 Å². The van der Waals surface area contributed by atoms with Crippen LogP contribution in [-0.2, 0) is 4.79 Å². The van der Waals surface area contributed by atoms with E-state index in [2.05, 4.69) is 17.1 Å². The summed E-state index contributed by atoms with van der Waals surface area (Å²) in [5.74, 6) is -0.354. The monoisotopic (exact) mass is 257 g/mol. The lowest BCUT2D eigenvalue weighted by Crippen LogP contribution is -2.41. The molecular weight excluding hydrogens is 234 g/mol. The fraction of sp³-hybridized carbons (Fsp3) is 0.833. The van der Waals surface area contributed by atoms with E-state index in [0.29, 0.717) is 18.0 Å². The lowest BCUT2D eigenvalue weighted by atomic mass is 10.1. The first kappa shape index (κ1) is 14.4. The number of nitrogens with zero attached hydrogens (tertiary/aromatic N) is 1.